The zero-order valence-electron chi connectivity index (χ0n) is 11.4. The topological polar surface area (TPSA) is 60.9 Å². The number of nitrogens with zero attached hydrogens (tertiary/aromatic N) is 6. The molecule has 0 saturated carbocycles. The molecule has 0 spiro atoms. The van der Waals surface area contributed by atoms with Gasteiger partial charge >= 0.3 is 0 Å². The molecule has 0 aliphatic rings. The smallest absolute Gasteiger partial charge is 0.207 e. The minimum atomic E-state index is 0.554. The summed E-state index contributed by atoms with van der Waals surface area (Å²) in [5.41, 5.74) is 3.68. The number of rotatable bonds is 2. The van der Waals surface area contributed by atoms with Crippen LogP contribution in [-0.4, -0.2) is 29.6 Å². The predicted octanol–water partition coefficient (Wildman–Crippen LogP) is 2.28. The van der Waals surface area contributed by atoms with Crippen molar-refractivity contribution >= 4 is 27.6 Å². The molecule has 3 heterocycles. The number of pyridine rings is 1. The fourth-order valence-electron chi connectivity index (χ4n) is 2.72. The van der Waals surface area contributed by atoms with E-state index in [2.05, 4.69) is 45.0 Å². The maximum atomic E-state index is 4.52. The van der Waals surface area contributed by atoms with Crippen LogP contribution in [0.2, 0.25) is 0 Å². The van der Waals surface area contributed by atoms with Gasteiger partial charge < -0.3 is 4.57 Å². The summed E-state index contributed by atoms with van der Waals surface area (Å²) < 4.78 is 3.95. The summed E-state index contributed by atoms with van der Waals surface area (Å²) in [5.74, 6) is 0.554. The van der Waals surface area contributed by atoms with E-state index in [0.29, 0.717) is 11.6 Å². The van der Waals surface area contributed by atoms with Gasteiger partial charge in [-0.05, 0) is 22.4 Å². The lowest BCUT2D eigenvalue weighted by molar-refractivity contribution is 0.533. The molecule has 0 fully saturated rings. The van der Waals surface area contributed by atoms with Crippen molar-refractivity contribution in [3.63, 3.8) is 0 Å². The fourth-order valence-corrected chi connectivity index (χ4v) is 2.72. The third-order valence-electron chi connectivity index (χ3n) is 3.47. The van der Waals surface area contributed by atoms with E-state index in [-0.39, 0.29) is 0 Å². The lowest BCUT2D eigenvalue weighted by Gasteiger charge is -2.09. The van der Waals surface area contributed by atoms with Gasteiger partial charge in [0.2, 0.25) is 5.65 Å². The molecule has 0 aliphatic heterocycles. The van der Waals surface area contributed by atoms with E-state index in [9.17, 15) is 0 Å². The van der Waals surface area contributed by atoms with Gasteiger partial charge in [0.05, 0.1) is 17.4 Å². The monoisotopic (exact) mass is 266 g/mol. The van der Waals surface area contributed by atoms with Gasteiger partial charge in [0.1, 0.15) is 5.52 Å². The molecule has 100 valence electrons. The molecule has 0 atom stereocenters. The number of hydrogen-bond acceptors (Lipinski definition) is 4. The third kappa shape index (κ3) is 1.44. The molecule has 0 N–H and O–H groups in total. The van der Waals surface area contributed by atoms with Crippen LogP contribution in [0.15, 0.2) is 30.6 Å². The minimum Gasteiger partial charge on any atom is -0.330 e. The van der Waals surface area contributed by atoms with Crippen LogP contribution >= 0.6 is 0 Å². The Morgan fingerprint density at radius 2 is 2.05 bits per heavy atom. The summed E-state index contributed by atoms with van der Waals surface area (Å²) >= 11 is 0. The molecule has 0 amide bonds. The van der Waals surface area contributed by atoms with Crippen molar-refractivity contribution in [2.24, 2.45) is 5.92 Å². The highest BCUT2D eigenvalue weighted by Gasteiger charge is 2.15. The lowest BCUT2D eigenvalue weighted by atomic mass is 10.1. The van der Waals surface area contributed by atoms with Crippen molar-refractivity contribution < 1.29 is 0 Å². The van der Waals surface area contributed by atoms with Gasteiger partial charge in [-0.25, -0.2) is 4.98 Å². The Morgan fingerprint density at radius 1 is 1.20 bits per heavy atom. The van der Waals surface area contributed by atoms with Crippen LogP contribution < -0.4 is 0 Å². The Balaban J connectivity index is 2.23. The van der Waals surface area contributed by atoms with Crippen LogP contribution in [0.3, 0.4) is 0 Å². The number of aromatic nitrogens is 6. The lowest BCUT2D eigenvalue weighted by Crippen LogP contribution is -2.03. The van der Waals surface area contributed by atoms with Gasteiger partial charge in [0.25, 0.3) is 0 Å². The fraction of sp³-hybridized carbons (Fsp3) is 0.286. The van der Waals surface area contributed by atoms with Crippen molar-refractivity contribution in [3.05, 3.63) is 30.6 Å². The average Bonchev–Trinajstić information content (AvgIpc) is 3.05. The quantitative estimate of drug-likeness (QED) is 0.558. The summed E-state index contributed by atoms with van der Waals surface area (Å²) in [6.07, 6.45) is 1.88. The summed E-state index contributed by atoms with van der Waals surface area (Å²) in [7, 11) is 0. The van der Waals surface area contributed by atoms with Crippen molar-refractivity contribution in [2.75, 3.05) is 0 Å². The Bertz CT molecular complexity index is 917. The highest BCUT2D eigenvalue weighted by Crippen LogP contribution is 2.27. The standard InChI is InChI=1S/C14H14N6/c1-9(2)7-19-8-15-12-13(19)10-5-3-4-6-11(10)20-14(12)16-17-18-20/h3-6,8-9H,7H2,1-2H3. The molecule has 0 unspecified atom stereocenters. The summed E-state index contributed by atoms with van der Waals surface area (Å²) in [6, 6.07) is 8.16. The molecule has 0 radical (unpaired) electrons. The zero-order valence-corrected chi connectivity index (χ0v) is 11.4. The Hall–Kier alpha value is -2.50. The number of fused-ring (bicyclic) bond motifs is 6. The van der Waals surface area contributed by atoms with Crippen molar-refractivity contribution in [1.82, 2.24) is 29.6 Å². The summed E-state index contributed by atoms with van der Waals surface area (Å²) in [6.45, 7) is 5.33. The highest BCUT2D eigenvalue weighted by molar-refractivity contribution is 6.07. The highest BCUT2D eigenvalue weighted by atomic mass is 15.5. The second-order valence-electron chi connectivity index (χ2n) is 5.42. The van der Waals surface area contributed by atoms with Gasteiger partial charge in [0, 0.05) is 11.9 Å². The van der Waals surface area contributed by atoms with Gasteiger partial charge in [-0.2, -0.15) is 4.52 Å². The normalized spacial score (nSPS) is 12.2. The summed E-state index contributed by atoms with van der Waals surface area (Å²) in [5, 5.41) is 13.1. The molecule has 1 aromatic carbocycles. The molecule has 0 saturated heterocycles. The molecular formula is C14H14N6. The van der Waals surface area contributed by atoms with Gasteiger partial charge in [-0.1, -0.05) is 32.0 Å². The van der Waals surface area contributed by atoms with E-state index in [1.165, 1.54) is 0 Å². The first-order chi connectivity index (χ1) is 9.75. The first kappa shape index (κ1) is 11.3. The van der Waals surface area contributed by atoms with Crippen molar-refractivity contribution in [1.29, 1.82) is 0 Å². The van der Waals surface area contributed by atoms with Crippen LogP contribution in [-0.2, 0) is 6.54 Å². The van der Waals surface area contributed by atoms with E-state index in [4.69, 9.17) is 0 Å². The minimum absolute atomic E-state index is 0.554. The van der Waals surface area contributed by atoms with Crippen LogP contribution in [0, 0.1) is 5.92 Å². The molecule has 20 heavy (non-hydrogen) atoms. The molecule has 4 aromatic rings. The number of benzene rings is 1. The van der Waals surface area contributed by atoms with Gasteiger partial charge in [-0.3, -0.25) is 0 Å². The molecule has 6 heteroatoms. The van der Waals surface area contributed by atoms with Crippen LogP contribution in [0.4, 0.5) is 0 Å². The third-order valence-corrected chi connectivity index (χ3v) is 3.47. The van der Waals surface area contributed by atoms with Crippen LogP contribution in [0.1, 0.15) is 13.8 Å². The van der Waals surface area contributed by atoms with E-state index >= 15 is 0 Å². The van der Waals surface area contributed by atoms with Crippen molar-refractivity contribution in [3.8, 4) is 0 Å². The number of imidazole rings is 1. The zero-order chi connectivity index (χ0) is 13.7. The number of para-hydroxylation sites is 1. The molecule has 0 bridgehead atoms. The second kappa shape index (κ2) is 4.00. The molecule has 0 aliphatic carbocycles. The van der Waals surface area contributed by atoms with Gasteiger partial charge in [0.15, 0.2) is 0 Å². The molecule has 6 nitrogen and oxygen atoms in total. The largest absolute Gasteiger partial charge is 0.330 e. The van der Waals surface area contributed by atoms with Crippen molar-refractivity contribution in [2.45, 2.75) is 20.4 Å². The first-order valence-corrected chi connectivity index (χ1v) is 6.69. The molecule has 3 aromatic heterocycles. The molecule has 4 rings (SSSR count). The Morgan fingerprint density at radius 3 is 2.90 bits per heavy atom. The first-order valence-electron chi connectivity index (χ1n) is 6.69. The molecular weight excluding hydrogens is 252 g/mol. The van der Waals surface area contributed by atoms with E-state index < -0.39 is 0 Å². The van der Waals surface area contributed by atoms with E-state index in [0.717, 1.165) is 28.5 Å². The second-order valence-corrected chi connectivity index (χ2v) is 5.42. The van der Waals surface area contributed by atoms with Crippen LogP contribution in [0.5, 0.6) is 0 Å². The average molecular weight is 266 g/mol. The Labute approximate surface area is 115 Å². The van der Waals surface area contributed by atoms with E-state index in [1.54, 1.807) is 4.52 Å². The Kier molecular flexibility index (Phi) is 2.26. The van der Waals surface area contributed by atoms with Gasteiger partial charge in [-0.15, -0.1) is 5.10 Å². The maximum Gasteiger partial charge on any atom is 0.207 e. The predicted molar refractivity (Wildman–Crippen MR) is 76.4 cm³/mol. The SMILES string of the molecule is CC(C)Cn1cnc2c1c1ccccc1n1nnnc21. The maximum absolute atomic E-state index is 4.52. The van der Waals surface area contributed by atoms with E-state index in [1.807, 2.05) is 24.5 Å². The number of hydrogen-bond donors (Lipinski definition) is 0. The van der Waals surface area contributed by atoms with Crippen LogP contribution in [0.25, 0.3) is 27.6 Å². The number of tetrazole rings is 1. The summed E-state index contributed by atoms with van der Waals surface area (Å²) in [4.78, 5) is 4.52.